The van der Waals surface area contributed by atoms with Crippen LogP contribution < -0.4 is 0 Å². The Balaban J connectivity index is 3.39. The molecule has 1 aromatic rings. The Bertz CT molecular complexity index is 404. The smallest absolute Gasteiger partial charge is 0.160 e. The zero-order valence-corrected chi connectivity index (χ0v) is 8.14. The Morgan fingerprint density at radius 3 is 2.62 bits per heavy atom. The first-order valence-corrected chi connectivity index (χ1v) is 4.15. The average Bonchev–Trinajstić information content (AvgIpc) is 2.07. The summed E-state index contributed by atoms with van der Waals surface area (Å²) in [4.78, 5) is 11.1. The summed E-state index contributed by atoms with van der Waals surface area (Å²) < 4.78 is 0. The number of hydrogen-bond acceptors (Lipinski definition) is 2. The van der Waals surface area contributed by atoms with Gasteiger partial charge in [0.05, 0.1) is 10.6 Å². The average molecular weight is 194 g/mol. The molecule has 0 N–H and O–H groups in total. The molecule has 13 heavy (non-hydrogen) atoms. The third-order valence-corrected chi connectivity index (χ3v) is 2.13. The fraction of sp³-hybridized carbons (Fsp3) is 0.200. The maximum Gasteiger partial charge on any atom is 0.160 e. The third kappa shape index (κ3) is 1.88. The van der Waals surface area contributed by atoms with Crippen LogP contribution in [0.4, 0.5) is 0 Å². The molecule has 0 fully saturated rings. The van der Waals surface area contributed by atoms with E-state index in [1.807, 2.05) is 6.07 Å². The van der Waals surface area contributed by atoms with Crippen molar-refractivity contribution in [3.63, 3.8) is 0 Å². The van der Waals surface area contributed by atoms with Crippen molar-refractivity contribution in [3.8, 4) is 6.07 Å². The molecule has 66 valence electrons. The van der Waals surface area contributed by atoms with Gasteiger partial charge in [-0.2, -0.15) is 5.26 Å². The lowest BCUT2D eigenvalue weighted by atomic mass is 10.0. The predicted molar refractivity (Wildman–Crippen MR) is 50.9 cm³/mol. The normalized spacial score (nSPS) is 9.38. The minimum atomic E-state index is -0.0381. The molecular formula is C10H8ClNO. The molecule has 0 aromatic heterocycles. The summed E-state index contributed by atoms with van der Waals surface area (Å²) in [5.74, 6) is -0.0381. The van der Waals surface area contributed by atoms with Crippen molar-refractivity contribution in [3.05, 3.63) is 33.8 Å². The highest BCUT2D eigenvalue weighted by Gasteiger charge is 2.08. The van der Waals surface area contributed by atoms with Gasteiger partial charge in [0.15, 0.2) is 5.78 Å². The van der Waals surface area contributed by atoms with Crippen molar-refractivity contribution in [2.75, 3.05) is 0 Å². The number of carbonyl (C=O) groups excluding carboxylic acids is 1. The highest BCUT2D eigenvalue weighted by molar-refractivity contribution is 6.32. The van der Waals surface area contributed by atoms with Crippen LogP contribution in [0.2, 0.25) is 5.02 Å². The van der Waals surface area contributed by atoms with E-state index >= 15 is 0 Å². The van der Waals surface area contributed by atoms with Crippen LogP contribution in [0.25, 0.3) is 0 Å². The van der Waals surface area contributed by atoms with Crippen molar-refractivity contribution in [1.82, 2.24) is 0 Å². The molecule has 0 saturated heterocycles. The van der Waals surface area contributed by atoms with Crippen LogP contribution in [0.3, 0.4) is 0 Å². The second-order valence-electron chi connectivity index (χ2n) is 2.81. The molecule has 2 nitrogen and oxygen atoms in total. The van der Waals surface area contributed by atoms with Crippen LogP contribution in [0.5, 0.6) is 0 Å². The van der Waals surface area contributed by atoms with Crippen LogP contribution in [0.15, 0.2) is 12.1 Å². The lowest BCUT2D eigenvalue weighted by Gasteiger charge is -2.03. The summed E-state index contributed by atoms with van der Waals surface area (Å²) in [7, 11) is 0. The number of nitriles is 1. The third-order valence-electron chi connectivity index (χ3n) is 1.81. The highest BCUT2D eigenvalue weighted by atomic mass is 35.5. The van der Waals surface area contributed by atoms with E-state index < -0.39 is 0 Å². The topological polar surface area (TPSA) is 40.9 Å². The molecule has 0 radical (unpaired) electrons. The molecule has 1 rings (SSSR count). The van der Waals surface area contributed by atoms with Crippen molar-refractivity contribution < 1.29 is 4.79 Å². The van der Waals surface area contributed by atoms with E-state index in [0.717, 1.165) is 5.56 Å². The fourth-order valence-corrected chi connectivity index (χ4v) is 1.35. The number of benzene rings is 1. The Hall–Kier alpha value is -1.33. The lowest BCUT2D eigenvalue weighted by Crippen LogP contribution is -1.97. The summed E-state index contributed by atoms with van der Waals surface area (Å²) in [6.07, 6.45) is 0. The van der Waals surface area contributed by atoms with E-state index in [1.165, 1.54) is 13.0 Å². The predicted octanol–water partition coefficient (Wildman–Crippen LogP) is 2.72. The van der Waals surface area contributed by atoms with Gasteiger partial charge in [0.2, 0.25) is 0 Å². The molecule has 0 aliphatic heterocycles. The van der Waals surface area contributed by atoms with Crippen LogP contribution >= 0.6 is 11.6 Å². The molecule has 0 bridgehead atoms. The number of carbonyl (C=O) groups is 1. The van der Waals surface area contributed by atoms with Gasteiger partial charge >= 0.3 is 0 Å². The zero-order valence-electron chi connectivity index (χ0n) is 7.39. The molecule has 3 heteroatoms. The summed E-state index contributed by atoms with van der Waals surface area (Å²) in [5.41, 5.74) is 1.77. The van der Waals surface area contributed by atoms with Gasteiger partial charge in [0, 0.05) is 5.56 Å². The molecule has 0 aliphatic carbocycles. The van der Waals surface area contributed by atoms with Crippen molar-refractivity contribution in [1.29, 1.82) is 5.26 Å². The molecule has 0 amide bonds. The quantitative estimate of drug-likeness (QED) is 0.644. The van der Waals surface area contributed by atoms with Gasteiger partial charge in [-0.25, -0.2) is 0 Å². The SMILES string of the molecule is CC(=O)c1cc(Cl)c(C#N)cc1C. The molecular weight excluding hydrogens is 186 g/mol. The van der Waals surface area contributed by atoms with Gasteiger partial charge in [-0.05, 0) is 31.5 Å². The fourth-order valence-electron chi connectivity index (χ4n) is 1.15. The number of halogens is 1. The number of rotatable bonds is 1. The molecule has 0 aliphatic rings. The number of Topliss-reactive ketones (excluding diaryl/α,β-unsaturated/α-hetero) is 1. The summed E-state index contributed by atoms with van der Waals surface area (Å²) >= 11 is 5.77. The van der Waals surface area contributed by atoms with Crippen molar-refractivity contribution in [2.24, 2.45) is 0 Å². The maximum absolute atomic E-state index is 11.1. The van der Waals surface area contributed by atoms with Crippen LogP contribution in [0.1, 0.15) is 28.4 Å². The number of aryl methyl sites for hydroxylation is 1. The largest absolute Gasteiger partial charge is 0.295 e. The van der Waals surface area contributed by atoms with Crippen LogP contribution in [-0.2, 0) is 0 Å². The first kappa shape index (κ1) is 9.76. The molecule has 0 atom stereocenters. The van der Waals surface area contributed by atoms with Crippen molar-refractivity contribution in [2.45, 2.75) is 13.8 Å². The molecule has 0 unspecified atom stereocenters. The Morgan fingerprint density at radius 1 is 1.54 bits per heavy atom. The highest BCUT2D eigenvalue weighted by Crippen LogP contribution is 2.20. The van der Waals surface area contributed by atoms with E-state index in [0.29, 0.717) is 16.1 Å². The molecule has 0 spiro atoms. The Kier molecular flexibility index (Phi) is 2.69. The second-order valence-corrected chi connectivity index (χ2v) is 3.22. The minimum absolute atomic E-state index is 0.0381. The summed E-state index contributed by atoms with van der Waals surface area (Å²) in [6, 6.07) is 5.12. The van der Waals surface area contributed by atoms with E-state index in [9.17, 15) is 4.79 Å². The minimum Gasteiger partial charge on any atom is -0.295 e. The molecule has 1 aromatic carbocycles. The first-order chi connectivity index (χ1) is 6.06. The second kappa shape index (κ2) is 3.59. The standard InChI is InChI=1S/C10H8ClNO/c1-6-3-8(5-12)10(11)4-9(6)7(2)13/h3-4H,1-2H3. The van der Waals surface area contributed by atoms with E-state index in [4.69, 9.17) is 16.9 Å². The molecule has 0 saturated carbocycles. The van der Waals surface area contributed by atoms with Gasteiger partial charge in [0.25, 0.3) is 0 Å². The van der Waals surface area contributed by atoms with E-state index in [1.54, 1.807) is 13.0 Å². The van der Waals surface area contributed by atoms with Crippen molar-refractivity contribution >= 4 is 17.4 Å². The van der Waals surface area contributed by atoms with E-state index in [-0.39, 0.29) is 5.78 Å². The van der Waals surface area contributed by atoms with E-state index in [2.05, 4.69) is 0 Å². The van der Waals surface area contributed by atoms with Gasteiger partial charge in [0.1, 0.15) is 6.07 Å². The van der Waals surface area contributed by atoms with Crippen LogP contribution in [0, 0.1) is 18.3 Å². The number of ketones is 1. The number of hydrogen-bond donors (Lipinski definition) is 0. The Morgan fingerprint density at radius 2 is 2.15 bits per heavy atom. The van der Waals surface area contributed by atoms with Gasteiger partial charge in [-0.1, -0.05) is 11.6 Å². The van der Waals surface area contributed by atoms with Gasteiger partial charge < -0.3 is 0 Å². The lowest BCUT2D eigenvalue weighted by molar-refractivity contribution is 0.101. The first-order valence-electron chi connectivity index (χ1n) is 3.77. The number of nitrogens with zero attached hydrogens (tertiary/aromatic N) is 1. The van der Waals surface area contributed by atoms with Crippen LogP contribution in [-0.4, -0.2) is 5.78 Å². The summed E-state index contributed by atoms with van der Waals surface area (Å²) in [6.45, 7) is 3.26. The Labute approximate surface area is 81.7 Å². The maximum atomic E-state index is 11.1. The summed E-state index contributed by atoms with van der Waals surface area (Å²) in [5, 5.41) is 8.98. The molecule has 0 heterocycles. The monoisotopic (exact) mass is 193 g/mol. The van der Waals surface area contributed by atoms with Gasteiger partial charge in [-0.15, -0.1) is 0 Å². The zero-order chi connectivity index (χ0) is 10.0. The van der Waals surface area contributed by atoms with Gasteiger partial charge in [-0.3, -0.25) is 4.79 Å².